The van der Waals surface area contributed by atoms with Crippen molar-refractivity contribution in [1.82, 2.24) is 9.97 Å². The maximum absolute atomic E-state index is 4.46. The predicted molar refractivity (Wildman–Crippen MR) is 129 cm³/mol. The van der Waals surface area contributed by atoms with Crippen LogP contribution in [0, 0.1) is 27.7 Å². The van der Waals surface area contributed by atoms with Gasteiger partial charge in [-0.3, -0.25) is 4.98 Å². The van der Waals surface area contributed by atoms with Gasteiger partial charge in [-0.15, -0.1) is 0 Å². The number of aromatic nitrogens is 2. The van der Waals surface area contributed by atoms with Gasteiger partial charge in [-0.1, -0.05) is 47.5 Å². The van der Waals surface area contributed by atoms with Crippen molar-refractivity contribution >= 4 is 33.0 Å². The highest BCUT2D eigenvalue weighted by atomic mass is 79.9. The highest BCUT2D eigenvalue weighted by molar-refractivity contribution is 9.10. The second-order valence-corrected chi connectivity index (χ2v) is 8.50. The fourth-order valence-electron chi connectivity index (χ4n) is 3.76. The van der Waals surface area contributed by atoms with Crippen LogP contribution in [0.15, 0.2) is 77.7 Å². The first-order chi connectivity index (χ1) is 14.4. The maximum atomic E-state index is 4.46. The van der Waals surface area contributed by atoms with Crippen molar-refractivity contribution in [2.45, 2.75) is 27.7 Å². The summed E-state index contributed by atoms with van der Waals surface area (Å²) in [7, 11) is 0. The van der Waals surface area contributed by atoms with Gasteiger partial charge in [0.15, 0.2) is 0 Å². The van der Waals surface area contributed by atoms with E-state index < -0.39 is 0 Å². The number of anilines is 3. The average molecular weight is 458 g/mol. The van der Waals surface area contributed by atoms with Crippen molar-refractivity contribution in [2.24, 2.45) is 0 Å². The summed E-state index contributed by atoms with van der Waals surface area (Å²) >= 11 is 3.34. The Hall–Kier alpha value is -2.98. The van der Waals surface area contributed by atoms with E-state index in [0.717, 1.165) is 21.5 Å². The van der Waals surface area contributed by atoms with Crippen molar-refractivity contribution in [3.63, 3.8) is 0 Å². The Bertz CT molecular complexity index is 1130. The SMILES string of the molecule is Cc1ccc(N(c2ccc(-c3cnc(Br)cn3)cc2)c2ccc(C)cc2C)c(C)c1. The zero-order valence-electron chi connectivity index (χ0n) is 17.6. The fraction of sp³-hybridized carbons (Fsp3) is 0.154. The lowest BCUT2D eigenvalue weighted by Crippen LogP contribution is -2.13. The van der Waals surface area contributed by atoms with E-state index in [1.165, 1.54) is 33.6 Å². The lowest BCUT2D eigenvalue weighted by Gasteiger charge is -2.29. The second-order valence-electron chi connectivity index (χ2n) is 7.69. The Morgan fingerprint density at radius 1 is 0.667 bits per heavy atom. The first-order valence-corrected chi connectivity index (χ1v) is 10.7. The molecule has 0 amide bonds. The lowest BCUT2D eigenvalue weighted by atomic mass is 10.0. The van der Waals surface area contributed by atoms with Gasteiger partial charge < -0.3 is 4.90 Å². The minimum atomic E-state index is 0.735. The quantitative estimate of drug-likeness (QED) is 0.315. The van der Waals surface area contributed by atoms with E-state index in [-0.39, 0.29) is 0 Å². The molecule has 0 aliphatic heterocycles. The molecule has 0 spiro atoms. The van der Waals surface area contributed by atoms with Gasteiger partial charge >= 0.3 is 0 Å². The number of nitrogens with zero attached hydrogens (tertiary/aromatic N) is 3. The van der Waals surface area contributed by atoms with Gasteiger partial charge in [0.05, 0.1) is 18.1 Å². The smallest absolute Gasteiger partial charge is 0.124 e. The van der Waals surface area contributed by atoms with Crippen LogP contribution in [0.1, 0.15) is 22.3 Å². The van der Waals surface area contributed by atoms with E-state index in [1.54, 1.807) is 12.4 Å². The van der Waals surface area contributed by atoms with E-state index in [9.17, 15) is 0 Å². The molecule has 0 bridgehead atoms. The summed E-state index contributed by atoms with van der Waals surface area (Å²) < 4.78 is 0.735. The highest BCUT2D eigenvalue weighted by Gasteiger charge is 2.17. The number of hydrogen-bond donors (Lipinski definition) is 0. The summed E-state index contributed by atoms with van der Waals surface area (Å²) in [6.45, 7) is 8.61. The summed E-state index contributed by atoms with van der Waals surface area (Å²) in [5, 5.41) is 0. The van der Waals surface area contributed by atoms with Crippen LogP contribution in [-0.2, 0) is 0 Å². The molecule has 0 unspecified atom stereocenters. The Balaban J connectivity index is 1.82. The van der Waals surface area contributed by atoms with Gasteiger partial charge in [0, 0.05) is 22.6 Å². The maximum Gasteiger partial charge on any atom is 0.124 e. The first-order valence-electron chi connectivity index (χ1n) is 9.95. The third-order valence-corrected chi connectivity index (χ3v) is 5.64. The van der Waals surface area contributed by atoms with E-state index in [1.807, 2.05) is 0 Å². The molecular formula is C26H24BrN3. The molecule has 150 valence electrons. The Labute approximate surface area is 186 Å². The molecule has 4 rings (SSSR count). The van der Waals surface area contributed by atoms with Gasteiger partial charge in [0.2, 0.25) is 0 Å². The molecule has 1 heterocycles. The summed E-state index contributed by atoms with van der Waals surface area (Å²) in [4.78, 5) is 11.1. The highest BCUT2D eigenvalue weighted by Crippen LogP contribution is 2.39. The third kappa shape index (κ3) is 4.14. The van der Waals surface area contributed by atoms with Crippen LogP contribution >= 0.6 is 15.9 Å². The van der Waals surface area contributed by atoms with Gasteiger partial charge in [0.25, 0.3) is 0 Å². The van der Waals surface area contributed by atoms with Crippen LogP contribution in [0.4, 0.5) is 17.1 Å². The number of aryl methyl sites for hydroxylation is 4. The van der Waals surface area contributed by atoms with Crippen LogP contribution in [0.3, 0.4) is 0 Å². The van der Waals surface area contributed by atoms with Crippen molar-refractivity contribution in [3.8, 4) is 11.3 Å². The largest absolute Gasteiger partial charge is 0.310 e. The molecule has 0 N–H and O–H groups in total. The van der Waals surface area contributed by atoms with E-state index in [2.05, 4.69) is 119 Å². The van der Waals surface area contributed by atoms with Crippen LogP contribution < -0.4 is 4.90 Å². The molecule has 4 aromatic rings. The fourth-order valence-corrected chi connectivity index (χ4v) is 3.97. The molecule has 0 aliphatic rings. The molecule has 0 aliphatic carbocycles. The van der Waals surface area contributed by atoms with Crippen LogP contribution in [-0.4, -0.2) is 9.97 Å². The molecule has 3 nitrogen and oxygen atoms in total. The molecule has 0 saturated heterocycles. The average Bonchev–Trinajstić information content (AvgIpc) is 2.72. The normalized spacial score (nSPS) is 10.8. The molecule has 1 aromatic heterocycles. The predicted octanol–water partition coefficient (Wildman–Crippen LogP) is 7.61. The van der Waals surface area contributed by atoms with E-state index >= 15 is 0 Å². The Kier molecular flexibility index (Phi) is 5.69. The summed E-state index contributed by atoms with van der Waals surface area (Å²) in [6.07, 6.45) is 3.51. The standard InChI is InChI=1S/C26H24BrN3/c1-17-5-11-24(19(3)13-17)30(25-12-6-18(2)14-20(25)4)22-9-7-21(8-10-22)23-15-29-26(27)16-28-23/h5-16H,1-4H3. The Morgan fingerprint density at radius 2 is 1.23 bits per heavy atom. The Morgan fingerprint density at radius 3 is 1.70 bits per heavy atom. The molecule has 0 fully saturated rings. The van der Waals surface area contributed by atoms with Gasteiger partial charge in [-0.05, 0) is 79.0 Å². The number of rotatable bonds is 4. The molecule has 0 atom stereocenters. The zero-order valence-corrected chi connectivity index (χ0v) is 19.2. The zero-order chi connectivity index (χ0) is 21.3. The van der Waals surface area contributed by atoms with E-state index in [0.29, 0.717) is 0 Å². The summed E-state index contributed by atoms with van der Waals surface area (Å²) in [5.74, 6) is 0. The monoisotopic (exact) mass is 457 g/mol. The summed E-state index contributed by atoms with van der Waals surface area (Å²) in [6, 6.07) is 21.7. The minimum absolute atomic E-state index is 0.735. The molecule has 30 heavy (non-hydrogen) atoms. The van der Waals surface area contributed by atoms with Gasteiger partial charge in [-0.2, -0.15) is 0 Å². The molecule has 0 saturated carbocycles. The second kappa shape index (κ2) is 8.41. The number of benzene rings is 3. The molecule has 3 aromatic carbocycles. The van der Waals surface area contributed by atoms with Gasteiger partial charge in [0.1, 0.15) is 4.60 Å². The molecule has 4 heteroatoms. The number of hydrogen-bond acceptors (Lipinski definition) is 3. The van der Waals surface area contributed by atoms with Crippen LogP contribution in [0.5, 0.6) is 0 Å². The van der Waals surface area contributed by atoms with Crippen LogP contribution in [0.2, 0.25) is 0 Å². The first kappa shape index (κ1) is 20.3. The van der Waals surface area contributed by atoms with E-state index in [4.69, 9.17) is 0 Å². The molecular weight excluding hydrogens is 434 g/mol. The number of halogens is 1. The summed E-state index contributed by atoms with van der Waals surface area (Å²) in [5.41, 5.74) is 10.4. The van der Waals surface area contributed by atoms with Crippen molar-refractivity contribution in [3.05, 3.63) is 99.9 Å². The van der Waals surface area contributed by atoms with Gasteiger partial charge in [-0.25, -0.2) is 4.98 Å². The van der Waals surface area contributed by atoms with Crippen LogP contribution in [0.25, 0.3) is 11.3 Å². The lowest BCUT2D eigenvalue weighted by molar-refractivity contribution is 1.17. The van der Waals surface area contributed by atoms with Crippen molar-refractivity contribution < 1.29 is 0 Å². The minimum Gasteiger partial charge on any atom is -0.310 e. The third-order valence-electron chi connectivity index (χ3n) is 5.23. The van der Waals surface area contributed by atoms with Crippen molar-refractivity contribution in [2.75, 3.05) is 4.90 Å². The molecule has 0 radical (unpaired) electrons. The van der Waals surface area contributed by atoms with Crippen molar-refractivity contribution in [1.29, 1.82) is 0 Å². The topological polar surface area (TPSA) is 29.0 Å².